The number of aromatic amines is 1. The van der Waals surface area contributed by atoms with Gasteiger partial charge < -0.3 is 36.5 Å². The van der Waals surface area contributed by atoms with Gasteiger partial charge in [-0.15, -0.1) is 0 Å². The fourth-order valence-corrected chi connectivity index (χ4v) is 11.8. The average molecular weight is 1660 g/mol. The molecule has 0 aliphatic heterocycles. The van der Waals surface area contributed by atoms with Crippen molar-refractivity contribution in [2.75, 3.05) is 17.7 Å². The molecule has 5 aromatic heterocycles. The number of hydrogen-bond donors (Lipinski definition) is 7. The van der Waals surface area contributed by atoms with Crippen molar-refractivity contribution in [3.8, 4) is 22.5 Å². The smallest absolute Gasteiger partial charge is 0.471 e. The van der Waals surface area contributed by atoms with Crippen molar-refractivity contribution in [3.05, 3.63) is 216 Å². The number of rotatable bonds is 14. The number of hydrogen-bond acceptors (Lipinski definition) is 12. The first kappa shape index (κ1) is 79.1. The standard InChI is InChI=1S/C26H23ClN2O3.C18H15ClF3IN2O.C11H13B.C6H14O2.C5H2Cl2N2O2.C5H4ClIN2/c1-15-2-3-16(11-20(15)25(31)32)10-19-12-22-23(28-19)13-21(27)24(29-22)17-4-6-18(7-5-17)26(14-30)8-9-26;1-2-17(7-8-17)11-5-3-10(4-6-11)14-12(19)9-13(15(23)25-14)24-16(26)18(20,21)22;1-2-11(7-8-11)9-3-5-10(12)6-4-9;1-5(2,7)6(3,4)8;6-4-1-3(9(10)11)2-8-5(4)7;6-4-1-3(8)2-9-5(4)7/h2-7,11-13,28,30H,8-10,14H2,1H3,(H,31,32);3-6,9H,2,7-8H2,1H3,(H,24,26);3-6H,2,7-8H2,1H3;7-8H,1-4H3;1-2H;1-2H,8H2. The molecule has 4 aromatic carbocycles. The van der Waals surface area contributed by atoms with Crippen LogP contribution in [0, 0.1) is 24.4 Å². The van der Waals surface area contributed by atoms with Gasteiger partial charge in [0.2, 0.25) is 0 Å². The summed E-state index contributed by atoms with van der Waals surface area (Å²) in [5, 5.41) is 50.7. The van der Waals surface area contributed by atoms with Gasteiger partial charge in [0.1, 0.15) is 26.6 Å². The second-order valence-electron chi connectivity index (χ2n) is 25.2. The Morgan fingerprint density at radius 3 is 1.62 bits per heavy atom. The largest absolute Gasteiger partial charge is 0.478 e. The third-order valence-corrected chi connectivity index (χ3v) is 21.1. The van der Waals surface area contributed by atoms with Crippen LogP contribution >= 0.6 is 103 Å². The van der Waals surface area contributed by atoms with E-state index in [4.69, 9.17) is 86.8 Å². The van der Waals surface area contributed by atoms with Crippen LogP contribution in [0.2, 0.25) is 25.2 Å². The van der Waals surface area contributed by atoms with Crippen molar-refractivity contribution in [3.63, 3.8) is 0 Å². The number of aryl methyl sites for hydroxylation is 1. The minimum Gasteiger partial charge on any atom is -0.478 e. The number of aliphatic hydroxyl groups is 3. The third-order valence-electron chi connectivity index (χ3n) is 17.6. The number of aliphatic hydroxyl groups excluding tert-OH is 1. The predicted molar refractivity (Wildman–Crippen MR) is 402 cm³/mol. The molecule has 1 amide bonds. The van der Waals surface area contributed by atoms with Gasteiger partial charge in [0.05, 0.1) is 88.4 Å². The summed E-state index contributed by atoms with van der Waals surface area (Å²) < 4.78 is 38.2. The number of benzene rings is 4. The molecule has 0 bridgehead atoms. The zero-order chi connectivity index (χ0) is 72.5. The van der Waals surface area contributed by atoms with Gasteiger partial charge in [-0.25, -0.2) is 24.7 Å². The van der Waals surface area contributed by atoms with Crippen LogP contribution < -0.4 is 16.5 Å². The Bertz CT molecular complexity index is 4310. The second kappa shape index (κ2) is 33.1. The summed E-state index contributed by atoms with van der Waals surface area (Å²) in [6.07, 6.45) is 7.71. The van der Waals surface area contributed by atoms with E-state index >= 15 is 0 Å². The van der Waals surface area contributed by atoms with Crippen molar-refractivity contribution in [2.24, 2.45) is 0 Å². The van der Waals surface area contributed by atoms with Gasteiger partial charge in [0, 0.05) is 34.7 Å². The van der Waals surface area contributed by atoms with E-state index in [1.807, 2.05) is 83.3 Å². The summed E-state index contributed by atoms with van der Waals surface area (Å²) >= 11 is 33.1. The monoisotopic (exact) mass is 1660 g/mol. The van der Waals surface area contributed by atoms with Crippen molar-refractivity contribution in [2.45, 2.75) is 140 Å². The number of nitrogens with two attached hydrogens (primary N) is 1. The van der Waals surface area contributed by atoms with Crippen LogP contribution in [-0.4, -0.2) is 94.0 Å². The summed E-state index contributed by atoms with van der Waals surface area (Å²) in [6, 6.07) is 37.9. The average Bonchev–Trinajstić information content (AvgIpc) is 1.64. The first-order valence-electron chi connectivity index (χ1n) is 30.8. The number of anilines is 2. The highest BCUT2D eigenvalue weighted by Gasteiger charge is 2.45. The van der Waals surface area contributed by atoms with Crippen LogP contribution in [0.5, 0.6) is 0 Å². The molecule has 98 heavy (non-hydrogen) atoms. The maximum Gasteiger partial charge on any atom is 0.471 e. The highest BCUT2D eigenvalue weighted by Crippen LogP contribution is 2.52. The normalized spacial score (nSPS) is 14.4. The van der Waals surface area contributed by atoms with Gasteiger partial charge >= 0.3 is 18.1 Å². The molecule has 0 atom stereocenters. The van der Waals surface area contributed by atoms with E-state index in [1.54, 1.807) is 80.9 Å². The SMILES string of the molecule is CC(C)(O)C(C)(C)O.CCC1(c2ccc(-c3nc(I)c(NC(=O)C(F)(F)F)cc3Cl)cc2)CC1.Cc1ccc(Cc2cc3nc(-c4ccc(C5(CO)CC5)cc4)c(Cl)cc3[nH]2)cc1C(=O)O.Nc1cnc(I)c(Cl)c1.O=[N+]([O-])c1cnc(Cl)c(Cl)c1.[B]c1ccc(C2(CC)CC2)cc1. The summed E-state index contributed by atoms with van der Waals surface area (Å²) in [7, 11) is 5.63. The Balaban J connectivity index is 0.000000181. The zero-order valence-corrected chi connectivity index (χ0v) is 62.5. The number of carboxylic acid groups (broad SMARTS) is 1. The molecule has 27 heteroatoms. The number of alkyl halides is 3. The third kappa shape index (κ3) is 21.0. The molecule has 8 N–H and O–H groups in total. The molecule has 3 aliphatic rings. The maximum absolute atomic E-state index is 12.4. The van der Waals surface area contributed by atoms with Crippen LogP contribution in [0.15, 0.2) is 134 Å². The highest BCUT2D eigenvalue weighted by atomic mass is 127. The fraction of sp³-hybridized carbons (Fsp3) is 0.324. The van der Waals surface area contributed by atoms with Crippen molar-refractivity contribution < 1.29 is 48.1 Å². The van der Waals surface area contributed by atoms with E-state index in [0.29, 0.717) is 44.5 Å². The Morgan fingerprint density at radius 1 is 0.684 bits per heavy atom. The summed E-state index contributed by atoms with van der Waals surface area (Å²) in [4.78, 5) is 51.9. The van der Waals surface area contributed by atoms with E-state index < -0.39 is 34.2 Å². The van der Waals surface area contributed by atoms with Gasteiger partial charge in [0.15, 0.2) is 0 Å². The molecule has 0 saturated heterocycles. The van der Waals surface area contributed by atoms with Gasteiger partial charge in [-0.3, -0.25) is 14.9 Å². The van der Waals surface area contributed by atoms with E-state index in [1.165, 1.54) is 49.3 Å². The Morgan fingerprint density at radius 2 is 1.18 bits per heavy atom. The number of aromatic carboxylic acids is 1. The molecule has 3 fully saturated rings. The number of nitrogen functional groups attached to an aromatic ring is 1. The summed E-state index contributed by atoms with van der Waals surface area (Å²) in [6.45, 7) is 12.7. The number of halogens is 10. The molecular formula is C71H71BCl5F3I2N8O8. The number of H-pyrrole nitrogens is 1. The van der Waals surface area contributed by atoms with Crippen LogP contribution in [0.4, 0.5) is 30.2 Å². The number of nitrogens with one attached hydrogen (secondary N) is 2. The molecule has 9 aromatic rings. The molecule has 2 radical (unpaired) electrons. The molecule has 516 valence electrons. The van der Waals surface area contributed by atoms with Crippen molar-refractivity contribution in [1.82, 2.24) is 24.9 Å². The highest BCUT2D eigenvalue weighted by molar-refractivity contribution is 14.1. The lowest BCUT2D eigenvalue weighted by Gasteiger charge is -2.31. The molecule has 3 saturated carbocycles. The molecule has 16 nitrogen and oxygen atoms in total. The van der Waals surface area contributed by atoms with Gasteiger partial charge in [-0.2, -0.15) is 13.2 Å². The Labute approximate surface area is 619 Å². The Kier molecular flexibility index (Phi) is 26.7. The molecule has 5 heterocycles. The summed E-state index contributed by atoms with van der Waals surface area (Å²) in [5.41, 5.74) is 16.7. The predicted octanol–water partition coefficient (Wildman–Crippen LogP) is 18.1. The zero-order valence-electron chi connectivity index (χ0n) is 54.4. The van der Waals surface area contributed by atoms with Crippen LogP contribution in [0.1, 0.15) is 137 Å². The van der Waals surface area contributed by atoms with E-state index in [9.17, 15) is 43.1 Å². The van der Waals surface area contributed by atoms with Gasteiger partial charge in [0.25, 0.3) is 5.69 Å². The van der Waals surface area contributed by atoms with Crippen LogP contribution in [-0.2, 0) is 27.5 Å². The first-order valence-corrected chi connectivity index (χ1v) is 34.8. The number of pyridine rings is 4. The van der Waals surface area contributed by atoms with Crippen molar-refractivity contribution in [1.29, 1.82) is 0 Å². The van der Waals surface area contributed by atoms with E-state index in [-0.39, 0.29) is 47.7 Å². The van der Waals surface area contributed by atoms with Crippen LogP contribution in [0.3, 0.4) is 0 Å². The number of carboxylic acids is 1. The second-order valence-corrected chi connectivity index (χ2v) is 29.2. The Hall–Kier alpha value is -6.20. The minimum atomic E-state index is -4.97. The fourth-order valence-electron chi connectivity index (χ4n) is 9.99. The quantitative estimate of drug-likeness (QED) is 0.0176. The van der Waals surface area contributed by atoms with Crippen molar-refractivity contribution >= 4 is 156 Å². The molecule has 0 unspecified atom stereocenters. The lowest BCUT2D eigenvalue weighted by Crippen LogP contribution is -2.44. The number of nitro groups is 1. The maximum atomic E-state index is 12.4. The molecule has 3 aliphatic carbocycles. The molecule has 12 rings (SSSR count). The van der Waals surface area contributed by atoms with Gasteiger partial charge in [-0.05, 0) is 200 Å². The number of carbonyl (C=O) groups excluding carboxylic acids is 1. The molecule has 0 spiro atoms. The number of amides is 1. The number of carbonyl (C=O) groups is 2. The minimum absolute atomic E-state index is 0.0638. The topological polar surface area (TPSA) is 264 Å². The van der Waals surface area contributed by atoms with Crippen LogP contribution in [0.25, 0.3) is 33.5 Å². The van der Waals surface area contributed by atoms with Gasteiger partial charge in [-0.1, -0.05) is 162 Å². The van der Waals surface area contributed by atoms with E-state index in [2.05, 4.69) is 70.2 Å². The number of fused-ring (bicyclic) bond motifs is 1. The van der Waals surface area contributed by atoms with E-state index in [0.717, 1.165) is 85.2 Å². The summed E-state index contributed by atoms with van der Waals surface area (Å²) in [5.74, 6) is -2.98. The lowest BCUT2D eigenvalue weighted by atomic mass is 9.89. The number of aromatic nitrogens is 5. The molecular weight excluding hydrogens is 1590 g/mol. The first-order chi connectivity index (χ1) is 45.9. The lowest BCUT2D eigenvalue weighted by molar-refractivity contribution is -0.385. The number of nitrogens with zero attached hydrogens (tertiary/aromatic N) is 5.